The predicted octanol–water partition coefficient (Wildman–Crippen LogP) is 2.14. The molecule has 14 heavy (non-hydrogen) atoms. The van der Waals surface area contributed by atoms with Crippen LogP contribution in [0.2, 0.25) is 0 Å². The second-order valence-electron chi connectivity index (χ2n) is 4.24. The lowest BCUT2D eigenvalue weighted by atomic mass is 10.0. The molecule has 0 saturated carbocycles. The number of hydrogen-bond donors (Lipinski definition) is 1. The molecule has 0 aliphatic rings. The Labute approximate surface area is 85.8 Å². The molecular weight excluding hydrogens is 174 g/mol. The van der Waals surface area contributed by atoms with Gasteiger partial charge < -0.3 is 5.73 Å². The Balaban J connectivity index is 2.84. The average molecular weight is 193 g/mol. The van der Waals surface area contributed by atoms with Gasteiger partial charge in [-0.1, -0.05) is 13.8 Å². The molecule has 0 aliphatic heterocycles. The largest absolute Gasteiger partial charge is 0.321 e. The molecule has 0 aromatic carbocycles. The van der Waals surface area contributed by atoms with Gasteiger partial charge >= 0.3 is 0 Å². The Morgan fingerprint density at radius 2 is 1.71 bits per heavy atom. The van der Waals surface area contributed by atoms with E-state index < -0.39 is 0 Å². The van der Waals surface area contributed by atoms with Crippen LogP contribution in [0.25, 0.3) is 0 Å². The number of hydrogen-bond acceptors (Lipinski definition) is 3. The fourth-order valence-electron chi connectivity index (χ4n) is 1.53. The maximum atomic E-state index is 6.01. The molecule has 0 bridgehead atoms. The third-order valence-corrected chi connectivity index (χ3v) is 2.06. The average Bonchev–Trinajstić information content (AvgIpc) is 2.00. The second kappa shape index (κ2) is 4.51. The molecule has 2 N–H and O–H groups in total. The van der Waals surface area contributed by atoms with Gasteiger partial charge in [0.2, 0.25) is 0 Å². The molecule has 1 heterocycles. The lowest BCUT2D eigenvalue weighted by Gasteiger charge is -2.13. The summed E-state index contributed by atoms with van der Waals surface area (Å²) < 4.78 is 0. The van der Waals surface area contributed by atoms with Crippen LogP contribution in [0, 0.1) is 19.8 Å². The van der Waals surface area contributed by atoms with Gasteiger partial charge in [-0.15, -0.1) is 0 Å². The van der Waals surface area contributed by atoms with Gasteiger partial charge in [-0.3, -0.25) is 0 Å². The van der Waals surface area contributed by atoms with E-state index in [4.69, 9.17) is 5.73 Å². The Hall–Kier alpha value is -0.960. The van der Waals surface area contributed by atoms with Crippen molar-refractivity contribution in [1.82, 2.24) is 9.97 Å². The van der Waals surface area contributed by atoms with Crippen LogP contribution < -0.4 is 5.73 Å². The van der Waals surface area contributed by atoms with Crippen molar-refractivity contribution in [2.75, 3.05) is 0 Å². The van der Waals surface area contributed by atoms with Gasteiger partial charge in [-0.25, -0.2) is 9.97 Å². The van der Waals surface area contributed by atoms with E-state index in [9.17, 15) is 0 Å². The van der Waals surface area contributed by atoms with Gasteiger partial charge in [0.25, 0.3) is 0 Å². The second-order valence-corrected chi connectivity index (χ2v) is 4.24. The molecule has 78 valence electrons. The summed E-state index contributed by atoms with van der Waals surface area (Å²) in [5.41, 5.74) is 7.99. The molecule has 1 unspecified atom stereocenters. The highest BCUT2D eigenvalue weighted by Crippen LogP contribution is 2.15. The van der Waals surface area contributed by atoms with Gasteiger partial charge in [0.1, 0.15) is 5.82 Å². The molecular formula is C11H19N3. The lowest BCUT2D eigenvalue weighted by molar-refractivity contribution is 0.491. The molecule has 3 heteroatoms. The summed E-state index contributed by atoms with van der Waals surface area (Å²) in [6, 6.07) is 1.93. The quantitative estimate of drug-likeness (QED) is 0.800. The van der Waals surface area contributed by atoms with Crippen LogP contribution in [0.3, 0.4) is 0 Å². The zero-order valence-electron chi connectivity index (χ0n) is 9.41. The van der Waals surface area contributed by atoms with Crippen LogP contribution in [-0.2, 0) is 0 Å². The Morgan fingerprint density at radius 1 is 1.21 bits per heavy atom. The number of rotatable bonds is 3. The van der Waals surface area contributed by atoms with Crippen molar-refractivity contribution in [2.24, 2.45) is 11.7 Å². The topological polar surface area (TPSA) is 51.8 Å². The van der Waals surface area contributed by atoms with E-state index in [2.05, 4.69) is 23.8 Å². The summed E-state index contributed by atoms with van der Waals surface area (Å²) in [5.74, 6) is 1.35. The molecule has 0 radical (unpaired) electrons. The third kappa shape index (κ3) is 3.07. The van der Waals surface area contributed by atoms with Crippen molar-refractivity contribution in [2.45, 2.75) is 40.2 Å². The van der Waals surface area contributed by atoms with Gasteiger partial charge in [0, 0.05) is 11.4 Å². The minimum absolute atomic E-state index is 0.0337. The highest BCUT2D eigenvalue weighted by Gasteiger charge is 2.11. The first-order chi connectivity index (χ1) is 6.49. The molecule has 0 aliphatic carbocycles. The number of nitrogens with two attached hydrogens (primary N) is 1. The van der Waals surface area contributed by atoms with Gasteiger partial charge in [-0.05, 0) is 32.3 Å². The zero-order chi connectivity index (χ0) is 10.7. The van der Waals surface area contributed by atoms with Crippen molar-refractivity contribution in [3.8, 4) is 0 Å². The summed E-state index contributed by atoms with van der Waals surface area (Å²) in [7, 11) is 0. The number of nitrogens with zero attached hydrogens (tertiary/aromatic N) is 2. The summed E-state index contributed by atoms with van der Waals surface area (Å²) in [5, 5.41) is 0. The van der Waals surface area contributed by atoms with Crippen molar-refractivity contribution in [1.29, 1.82) is 0 Å². The first-order valence-corrected chi connectivity index (χ1v) is 5.06. The first kappa shape index (κ1) is 11.1. The fourth-order valence-corrected chi connectivity index (χ4v) is 1.53. The number of aromatic nitrogens is 2. The van der Waals surface area contributed by atoms with Crippen LogP contribution in [0.5, 0.6) is 0 Å². The maximum absolute atomic E-state index is 6.01. The fraction of sp³-hybridized carbons (Fsp3) is 0.636. The van der Waals surface area contributed by atoms with E-state index in [1.54, 1.807) is 0 Å². The van der Waals surface area contributed by atoms with E-state index in [-0.39, 0.29) is 6.04 Å². The molecule has 1 atom stereocenters. The molecule has 3 nitrogen and oxygen atoms in total. The van der Waals surface area contributed by atoms with Gasteiger partial charge in [-0.2, -0.15) is 0 Å². The monoisotopic (exact) mass is 193 g/mol. The van der Waals surface area contributed by atoms with Gasteiger partial charge in [0.05, 0.1) is 6.04 Å². The summed E-state index contributed by atoms with van der Waals surface area (Å²) in [6.07, 6.45) is 0.933. The van der Waals surface area contributed by atoms with Crippen LogP contribution in [0.4, 0.5) is 0 Å². The van der Waals surface area contributed by atoms with E-state index in [0.717, 1.165) is 23.6 Å². The zero-order valence-corrected chi connectivity index (χ0v) is 9.41. The summed E-state index contributed by atoms with van der Waals surface area (Å²) in [6.45, 7) is 8.26. The standard InChI is InChI=1S/C11H19N3/c1-7(2)5-10(12)11-13-8(3)6-9(4)14-11/h6-7,10H,5,12H2,1-4H3. The van der Waals surface area contributed by atoms with Crippen molar-refractivity contribution >= 4 is 0 Å². The van der Waals surface area contributed by atoms with E-state index in [1.807, 2.05) is 19.9 Å². The van der Waals surface area contributed by atoms with Crippen LogP contribution in [0.1, 0.15) is 43.5 Å². The Morgan fingerprint density at radius 3 is 2.14 bits per heavy atom. The Kier molecular flexibility index (Phi) is 3.58. The summed E-state index contributed by atoms with van der Waals surface area (Å²) >= 11 is 0. The SMILES string of the molecule is Cc1cc(C)nc(C(N)CC(C)C)n1. The van der Waals surface area contributed by atoms with Crippen molar-refractivity contribution < 1.29 is 0 Å². The summed E-state index contributed by atoms with van der Waals surface area (Å²) in [4.78, 5) is 8.70. The van der Waals surface area contributed by atoms with E-state index in [0.29, 0.717) is 5.92 Å². The van der Waals surface area contributed by atoms with E-state index in [1.165, 1.54) is 0 Å². The predicted molar refractivity (Wildman–Crippen MR) is 57.9 cm³/mol. The number of aryl methyl sites for hydroxylation is 2. The smallest absolute Gasteiger partial charge is 0.145 e. The van der Waals surface area contributed by atoms with Gasteiger partial charge in [0.15, 0.2) is 0 Å². The molecule has 0 amide bonds. The minimum atomic E-state index is -0.0337. The van der Waals surface area contributed by atoms with Crippen molar-refractivity contribution in [3.05, 3.63) is 23.3 Å². The normalized spacial score (nSPS) is 13.3. The molecule has 0 fully saturated rings. The lowest BCUT2D eigenvalue weighted by Crippen LogP contribution is -2.17. The third-order valence-electron chi connectivity index (χ3n) is 2.06. The highest BCUT2D eigenvalue weighted by molar-refractivity contribution is 5.10. The van der Waals surface area contributed by atoms with Crippen LogP contribution >= 0.6 is 0 Å². The van der Waals surface area contributed by atoms with Crippen LogP contribution in [-0.4, -0.2) is 9.97 Å². The molecule has 1 aromatic rings. The minimum Gasteiger partial charge on any atom is -0.321 e. The Bertz CT molecular complexity index is 287. The molecule has 0 spiro atoms. The molecule has 0 saturated heterocycles. The highest BCUT2D eigenvalue weighted by atomic mass is 14.9. The maximum Gasteiger partial charge on any atom is 0.145 e. The molecule has 1 rings (SSSR count). The molecule has 1 aromatic heterocycles. The van der Waals surface area contributed by atoms with Crippen LogP contribution in [0.15, 0.2) is 6.07 Å². The van der Waals surface area contributed by atoms with Crippen molar-refractivity contribution in [3.63, 3.8) is 0 Å². The van der Waals surface area contributed by atoms with E-state index >= 15 is 0 Å². The first-order valence-electron chi connectivity index (χ1n) is 5.06.